The van der Waals surface area contributed by atoms with Crippen molar-refractivity contribution in [2.45, 2.75) is 17.4 Å². The molecule has 0 radical (unpaired) electrons. The summed E-state index contributed by atoms with van der Waals surface area (Å²) in [5.41, 5.74) is 1.74. The third kappa shape index (κ3) is 3.50. The monoisotopic (exact) mass is 418 g/mol. The molecule has 0 bridgehead atoms. The molecule has 0 saturated carbocycles. The molecule has 1 fully saturated rings. The van der Waals surface area contributed by atoms with Gasteiger partial charge in [-0.05, 0) is 24.6 Å². The SMILES string of the molecule is COc1ccc(S(=O)(=O)N2CCC(n3cc(-c4ccccc4)nn3)C2)cc1Cl. The zero-order chi connectivity index (χ0) is 19.7. The minimum atomic E-state index is -3.64. The standard InChI is InChI=1S/C19H19ClN4O3S/c1-27-19-8-7-16(11-17(19)20)28(25,26)23-10-9-15(12-23)24-13-18(21-22-24)14-5-3-2-4-6-14/h2-8,11,13,15H,9-10,12H2,1H3. The lowest BCUT2D eigenvalue weighted by molar-refractivity contribution is 0.414. The Labute approximate surface area is 168 Å². The molecule has 3 aromatic rings. The molecule has 1 aliphatic rings. The second kappa shape index (κ2) is 7.54. The molecule has 1 aromatic heterocycles. The summed E-state index contributed by atoms with van der Waals surface area (Å²) in [6.45, 7) is 0.751. The Morgan fingerprint density at radius 2 is 1.96 bits per heavy atom. The van der Waals surface area contributed by atoms with E-state index in [1.165, 1.54) is 23.5 Å². The van der Waals surface area contributed by atoms with E-state index in [-0.39, 0.29) is 16.0 Å². The van der Waals surface area contributed by atoms with Crippen molar-refractivity contribution < 1.29 is 13.2 Å². The third-order valence-corrected chi connectivity index (χ3v) is 7.00. The van der Waals surface area contributed by atoms with Crippen molar-refractivity contribution in [3.05, 3.63) is 59.8 Å². The molecule has 4 rings (SSSR count). The lowest BCUT2D eigenvalue weighted by Crippen LogP contribution is -2.29. The minimum absolute atomic E-state index is 0.0616. The third-order valence-electron chi connectivity index (χ3n) is 4.84. The highest BCUT2D eigenvalue weighted by molar-refractivity contribution is 7.89. The van der Waals surface area contributed by atoms with E-state index in [9.17, 15) is 8.42 Å². The topological polar surface area (TPSA) is 77.3 Å². The predicted octanol–water partition coefficient (Wildman–Crippen LogP) is 3.24. The van der Waals surface area contributed by atoms with Gasteiger partial charge in [0.15, 0.2) is 0 Å². The second-order valence-electron chi connectivity index (χ2n) is 6.55. The van der Waals surface area contributed by atoms with Crippen molar-refractivity contribution >= 4 is 21.6 Å². The summed E-state index contributed by atoms with van der Waals surface area (Å²) in [4.78, 5) is 0.155. The van der Waals surface area contributed by atoms with E-state index in [2.05, 4.69) is 10.3 Å². The Bertz CT molecular complexity index is 1090. The summed E-state index contributed by atoms with van der Waals surface area (Å²) in [6, 6.07) is 14.2. The van der Waals surface area contributed by atoms with Crippen LogP contribution in [0.15, 0.2) is 59.6 Å². The molecule has 0 N–H and O–H groups in total. The lowest BCUT2D eigenvalue weighted by atomic mass is 10.2. The molecule has 1 saturated heterocycles. The van der Waals surface area contributed by atoms with Crippen LogP contribution in [0.1, 0.15) is 12.5 Å². The summed E-state index contributed by atoms with van der Waals surface area (Å²) >= 11 is 6.10. The van der Waals surface area contributed by atoms with Gasteiger partial charge in [0.1, 0.15) is 11.4 Å². The normalized spacial score (nSPS) is 17.7. The molecule has 7 nitrogen and oxygen atoms in total. The number of hydrogen-bond donors (Lipinski definition) is 0. The van der Waals surface area contributed by atoms with Gasteiger partial charge in [-0.2, -0.15) is 4.31 Å². The Kier molecular flexibility index (Phi) is 5.09. The van der Waals surface area contributed by atoms with E-state index in [0.717, 1.165) is 11.3 Å². The number of rotatable bonds is 5. The first-order valence-corrected chi connectivity index (χ1v) is 10.6. The number of nitrogens with zero attached hydrogens (tertiary/aromatic N) is 4. The number of ether oxygens (including phenoxy) is 1. The predicted molar refractivity (Wildman–Crippen MR) is 106 cm³/mol. The molecule has 2 heterocycles. The van der Waals surface area contributed by atoms with Crippen molar-refractivity contribution in [1.29, 1.82) is 0 Å². The fourth-order valence-electron chi connectivity index (χ4n) is 3.30. The Balaban J connectivity index is 1.52. The largest absolute Gasteiger partial charge is 0.495 e. The maximum absolute atomic E-state index is 13.0. The Morgan fingerprint density at radius 3 is 2.68 bits per heavy atom. The zero-order valence-corrected chi connectivity index (χ0v) is 16.8. The van der Waals surface area contributed by atoms with Crippen molar-refractivity contribution in [1.82, 2.24) is 19.3 Å². The van der Waals surface area contributed by atoms with Crippen LogP contribution >= 0.6 is 11.6 Å². The first-order valence-electron chi connectivity index (χ1n) is 8.80. The summed E-state index contributed by atoms with van der Waals surface area (Å²) in [6.07, 6.45) is 2.53. The van der Waals surface area contributed by atoms with Crippen LogP contribution < -0.4 is 4.74 Å². The number of sulfonamides is 1. The first-order chi connectivity index (χ1) is 13.5. The number of hydrogen-bond acceptors (Lipinski definition) is 5. The summed E-state index contributed by atoms with van der Waals surface area (Å²) < 4.78 is 34.2. The second-order valence-corrected chi connectivity index (χ2v) is 8.90. The van der Waals surface area contributed by atoms with Gasteiger partial charge in [0.05, 0.1) is 29.3 Å². The van der Waals surface area contributed by atoms with Crippen molar-refractivity contribution in [3.63, 3.8) is 0 Å². The van der Waals surface area contributed by atoms with Crippen LogP contribution in [0.3, 0.4) is 0 Å². The van der Waals surface area contributed by atoms with Crippen LogP contribution in [-0.2, 0) is 10.0 Å². The summed E-state index contributed by atoms with van der Waals surface area (Å²) in [5.74, 6) is 0.441. The molecule has 2 aromatic carbocycles. The molecule has 1 aliphatic heterocycles. The summed E-state index contributed by atoms with van der Waals surface area (Å²) in [7, 11) is -2.15. The van der Waals surface area contributed by atoms with Gasteiger partial charge in [0.25, 0.3) is 0 Å². The average molecular weight is 419 g/mol. The fourth-order valence-corrected chi connectivity index (χ4v) is 5.14. The Morgan fingerprint density at radius 1 is 1.18 bits per heavy atom. The van der Waals surface area contributed by atoms with Gasteiger partial charge in [0, 0.05) is 18.7 Å². The maximum atomic E-state index is 13.0. The fraction of sp³-hybridized carbons (Fsp3) is 0.263. The number of methoxy groups -OCH3 is 1. The number of aromatic nitrogens is 3. The first kappa shape index (κ1) is 18.9. The van der Waals surface area contributed by atoms with Crippen LogP contribution in [-0.4, -0.2) is 47.9 Å². The van der Waals surface area contributed by atoms with Gasteiger partial charge in [-0.1, -0.05) is 47.1 Å². The van der Waals surface area contributed by atoms with Crippen molar-refractivity contribution in [3.8, 4) is 17.0 Å². The molecular weight excluding hydrogens is 400 g/mol. The van der Waals surface area contributed by atoms with Crippen molar-refractivity contribution in [2.24, 2.45) is 0 Å². The highest BCUT2D eigenvalue weighted by atomic mass is 35.5. The van der Waals surface area contributed by atoms with Crippen molar-refractivity contribution in [2.75, 3.05) is 20.2 Å². The van der Waals surface area contributed by atoms with E-state index in [1.54, 1.807) is 10.7 Å². The summed E-state index contributed by atoms with van der Waals surface area (Å²) in [5, 5.41) is 8.70. The van der Waals surface area contributed by atoms with Gasteiger partial charge in [0.2, 0.25) is 10.0 Å². The van der Waals surface area contributed by atoms with E-state index in [1.807, 2.05) is 36.5 Å². The molecule has 146 valence electrons. The van der Waals surface area contributed by atoms with Gasteiger partial charge >= 0.3 is 0 Å². The van der Waals surface area contributed by atoms with E-state index in [0.29, 0.717) is 25.3 Å². The van der Waals surface area contributed by atoms with E-state index < -0.39 is 10.0 Å². The average Bonchev–Trinajstić information content (AvgIpc) is 3.38. The van der Waals surface area contributed by atoms with Gasteiger partial charge in [-0.3, -0.25) is 0 Å². The van der Waals surface area contributed by atoms with Crippen LogP contribution in [0.5, 0.6) is 5.75 Å². The zero-order valence-electron chi connectivity index (χ0n) is 15.2. The minimum Gasteiger partial charge on any atom is -0.495 e. The lowest BCUT2D eigenvalue weighted by Gasteiger charge is -2.17. The molecular formula is C19H19ClN4O3S. The van der Waals surface area contributed by atoms with Crippen LogP contribution in [0.25, 0.3) is 11.3 Å². The molecule has 1 atom stereocenters. The molecule has 0 aliphatic carbocycles. The van der Waals surface area contributed by atoms with Crippen LogP contribution in [0.2, 0.25) is 5.02 Å². The maximum Gasteiger partial charge on any atom is 0.243 e. The highest BCUT2D eigenvalue weighted by Gasteiger charge is 2.34. The van der Waals surface area contributed by atoms with Crippen LogP contribution in [0.4, 0.5) is 0 Å². The molecule has 9 heteroatoms. The quantitative estimate of drug-likeness (QED) is 0.635. The molecule has 28 heavy (non-hydrogen) atoms. The highest BCUT2D eigenvalue weighted by Crippen LogP contribution is 2.31. The molecule has 0 spiro atoms. The van der Waals surface area contributed by atoms with E-state index >= 15 is 0 Å². The Hall–Kier alpha value is -2.42. The number of benzene rings is 2. The smallest absolute Gasteiger partial charge is 0.243 e. The molecule has 1 unspecified atom stereocenters. The van der Waals surface area contributed by atoms with Gasteiger partial charge < -0.3 is 4.74 Å². The van der Waals surface area contributed by atoms with Gasteiger partial charge in [-0.15, -0.1) is 5.10 Å². The van der Waals surface area contributed by atoms with Gasteiger partial charge in [-0.25, -0.2) is 13.1 Å². The van der Waals surface area contributed by atoms with E-state index in [4.69, 9.17) is 16.3 Å². The molecule has 0 amide bonds. The van der Waals surface area contributed by atoms with Crippen LogP contribution in [0, 0.1) is 0 Å². The number of halogens is 1.